The molecule has 1 aromatic carbocycles. The monoisotopic (exact) mass is 254 g/mol. The van der Waals surface area contributed by atoms with E-state index in [1.54, 1.807) is 18.2 Å². The molecule has 1 aliphatic rings. The minimum absolute atomic E-state index is 0.177. The van der Waals surface area contributed by atoms with Crippen molar-refractivity contribution < 1.29 is 14.3 Å². The Kier molecular flexibility index (Phi) is 3.19. The maximum atomic E-state index is 11.7. The fourth-order valence-corrected chi connectivity index (χ4v) is 1.78. The van der Waals surface area contributed by atoms with Gasteiger partial charge in [0.2, 0.25) is 5.91 Å². The van der Waals surface area contributed by atoms with Gasteiger partial charge < -0.3 is 10.1 Å². The molecule has 1 aromatic rings. The predicted molar refractivity (Wildman–Crippen MR) is 63.4 cm³/mol. The summed E-state index contributed by atoms with van der Waals surface area (Å²) in [5.74, 6) is 0.207. The van der Waals surface area contributed by atoms with E-state index in [1.807, 2.05) is 0 Å². The van der Waals surface area contributed by atoms with E-state index in [0.717, 1.165) is 4.90 Å². The van der Waals surface area contributed by atoms with Crippen molar-refractivity contribution in [2.24, 2.45) is 0 Å². The van der Waals surface area contributed by atoms with Crippen LogP contribution >= 0.6 is 11.6 Å². The predicted octanol–water partition coefficient (Wildman–Crippen LogP) is 2.11. The highest BCUT2D eigenvalue weighted by atomic mass is 35.5. The van der Waals surface area contributed by atoms with Crippen LogP contribution in [0.5, 0.6) is 5.75 Å². The van der Waals surface area contributed by atoms with Gasteiger partial charge in [-0.2, -0.15) is 0 Å². The van der Waals surface area contributed by atoms with Gasteiger partial charge in [-0.15, -0.1) is 0 Å². The molecule has 0 saturated carbocycles. The van der Waals surface area contributed by atoms with Gasteiger partial charge >= 0.3 is 6.03 Å². The van der Waals surface area contributed by atoms with Crippen LogP contribution in [0.4, 0.5) is 10.5 Å². The van der Waals surface area contributed by atoms with Crippen LogP contribution in [0, 0.1) is 0 Å². The smallest absolute Gasteiger partial charge is 0.328 e. The second kappa shape index (κ2) is 4.63. The summed E-state index contributed by atoms with van der Waals surface area (Å²) in [4.78, 5) is 23.9. The van der Waals surface area contributed by atoms with E-state index in [4.69, 9.17) is 16.3 Å². The minimum atomic E-state index is -0.457. The Morgan fingerprint density at radius 3 is 2.82 bits per heavy atom. The molecule has 0 bridgehead atoms. The van der Waals surface area contributed by atoms with Crippen molar-refractivity contribution in [1.82, 2.24) is 4.90 Å². The van der Waals surface area contributed by atoms with Gasteiger partial charge in [-0.25, -0.2) is 4.79 Å². The molecular weight excluding hydrogens is 244 g/mol. The number of urea groups is 1. The SMILES string of the molecule is COc1c(Cl)cccc1NC(=O)N1CCC1=O. The lowest BCUT2D eigenvalue weighted by atomic mass is 10.2. The second-order valence-corrected chi connectivity index (χ2v) is 3.95. The molecule has 1 saturated heterocycles. The summed E-state index contributed by atoms with van der Waals surface area (Å²) in [6.45, 7) is 0.452. The Balaban J connectivity index is 2.15. The fraction of sp³-hybridized carbons (Fsp3) is 0.273. The number of para-hydroxylation sites is 1. The molecule has 0 unspecified atom stereocenters. The summed E-state index contributed by atoms with van der Waals surface area (Å²) in [5.41, 5.74) is 0.449. The van der Waals surface area contributed by atoms with E-state index in [1.165, 1.54) is 7.11 Å². The van der Waals surface area contributed by atoms with Crippen molar-refractivity contribution in [1.29, 1.82) is 0 Å². The molecule has 1 heterocycles. The van der Waals surface area contributed by atoms with E-state index >= 15 is 0 Å². The molecule has 0 radical (unpaired) electrons. The molecule has 1 N–H and O–H groups in total. The highest BCUT2D eigenvalue weighted by Crippen LogP contribution is 2.32. The molecule has 2 rings (SSSR count). The maximum absolute atomic E-state index is 11.7. The number of rotatable bonds is 2. The zero-order chi connectivity index (χ0) is 12.4. The number of hydrogen-bond donors (Lipinski definition) is 1. The standard InChI is InChI=1S/C11H11ClN2O3/c1-17-10-7(12)3-2-4-8(10)13-11(16)14-6-5-9(14)15/h2-4H,5-6H2,1H3,(H,13,16). The number of carbonyl (C=O) groups excluding carboxylic acids is 2. The van der Waals surface area contributed by atoms with E-state index in [9.17, 15) is 9.59 Å². The number of nitrogens with zero attached hydrogens (tertiary/aromatic N) is 1. The molecule has 0 atom stereocenters. The van der Waals surface area contributed by atoms with Crippen LogP contribution in [-0.4, -0.2) is 30.5 Å². The number of benzene rings is 1. The van der Waals surface area contributed by atoms with E-state index in [-0.39, 0.29) is 5.91 Å². The minimum Gasteiger partial charge on any atom is -0.493 e. The summed E-state index contributed by atoms with van der Waals surface area (Å²) >= 11 is 5.91. The molecule has 5 nitrogen and oxygen atoms in total. The van der Waals surface area contributed by atoms with Crippen LogP contribution < -0.4 is 10.1 Å². The molecule has 17 heavy (non-hydrogen) atoms. The first-order valence-electron chi connectivity index (χ1n) is 5.07. The molecule has 90 valence electrons. The van der Waals surface area contributed by atoms with Crippen LogP contribution in [0.15, 0.2) is 18.2 Å². The normalized spacial score (nSPS) is 14.2. The Morgan fingerprint density at radius 1 is 1.53 bits per heavy atom. The number of imide groups is 1. The molecule has 6 heteroatoms. The Hall–Kier alpha value is -1.75. The Bertz CT molecular complexity index is 476. The van der Waals surface area contributed by atoms with Gasteiger partial charge in [0, 0.05) is 13.0 Å². The number of amides is 3. The van der Waals surface area contributed by atoms with Gasteiger partial charge in [-0.05, 0) is 12.1 Å². The lowest BCUT2D eigenvalue weighted by Crippen LogP contribution is -2.49. The van der Waals surface area contributed by atoms with Crippen LogP contribution in [0.2, 0.25) is 5.02 Å². The molecule has 0 spiro atoms. The summed E-state index contributed by atoms with van der Waals surface area (Å²) in [6, 6.07) is 4.55. The number of ether oxygens (including phenoxy) is 1. The fourth-order valence-electron chi connectivity index (χ4n) is 1.53. The summed E-state index contributed by atoms with van der Waals surface area (Å²) in [7, 11) is 1.46. The number of methoxy groups -OCH3 is 1. The number of halogens is 1. The van der Waals surface area contributed by atoms with Gasteiger partial charge in [0.15, 0.2) is 5.75 Å². The first-order valence-corrected chi connectivity index (χ1v) is 5.45. The van der Waals surface area contributed by atoms with Gasteiger partial charge in [0.1, 0.15) is 0 Å². The van der Waals surface area contributed by atoms with Crippen LogP contribution in [0.3, 0.4) is 0 Å². The molecule has 0 aromatic heterocycles. The third-order valence-corrected chi connectivity index (χ3v) is 2.81. The summed E-state index contributed by atoms with van der Waals surface area (Å²) < 4.78 is 5.09. The average Bonchev–Trinajstić information content (AvgIpc) is 2.27. The van der Waals surface area contributed by atoms with E-state index < -0.39 is 6.03 Å². The summed E-state index contributed by atoms with van der Waals surface area (Å²) in [5, 5.41) is 2.99. The first kappa shape index (κ1) is 11.7. The summed E-state index contributed by atoms with van der Waals surface area (Å²) in [6.07, 6.45) is 0.417. The van der Waals surface area contributed by atoms with Crippen molar-refractivity contribution in [3.8, 4) is 5.75 Å². The van der Waals surface area contributed by atoms with E-state index in [0.29, 0.717) is 29.4 Å². The first-order chi connectivity index (χ1) is 8.13. The highest BCUT2D eigenvalue weighted by molar-refractivity contribution is 6.32. The topological polar surface area (TPSA) is 58.6 Å². The molecular formula is C11H11ClN2O3. The number of carbonyl (C=O) groups is 2. The van der Waals surface area contributed by atoms with Gasteiger partial charge in [-0.1, -0.05) is 17.7 Å². The van der Waals surface area contributed by atoms with Gasteiger partial charge in [0.05, 0.1) is 17.8 Å². The van der Waals surface area contributed by atoms with Gasteiger partial charge in [-0.3, -0.25) is 9.69 Å². The zero-order valence-corrected chi connectivity index (χ0v) is 9.95. The van der Waals surface area contributed by atoms with Crippen molar-refractivity contribution in [2.45, 2.75) is 6.42 Å². The van der Waals surface area contributed by atoms with Crippen molar-refractivity contribution in [2.75, 3.05) is 19.0 Å². The van der Waals surface area contributed by atoms with Crippen LogP contribution in [0.25, 0.3) is 0 Å². The van der Waals surface area contributed by atoms with Crippen LogP contribution in [0.1, 0.15) is 6.42 Å². The van der Waals surface area contributed by atoms with Crippen molar-refractivity contribution in [3.63, 3.8) is 0 Å². The Morgan fingerprint density at radius 2 is 2.29 bits per heavy atom. The molecule has 1 fully saturated rings. The number of hydrogen-bond acceptors (Lipinski definition) is 3. The van der Waals surface area contributed by atoms with Crippen molar-refractivity contribution >= 4 is 29.2 Å². The van der Waals surface area contributed by atoms with E-state index in [2.05, 4.69) is 5.32 Å². The maximum Gasteiger partial charge on any atom is 0.328 e. The lowest BCUT2D eigenvalue weighted by molar-refractivity contribution is -0.135. The average molecular weight is 255 g/mol. The lowest BCUT2D eigenvalue weighted by Gasteiger charge is -2.28. The van der Waals surface area contributed by atoms with Crippen LogP contribution in [-0.2, 0) is 4.79 Å². The number of likely N-dealkylation sites (tertiary alicyclic amines) is 1. The Labute approximate surface area is 103 Å². The quantitative estimate of drug-likeness (QED) is 0.823. The number of anilines is 1. The number of β-lactam (4-membered cyclic amide) rings is 1. The number of nitrogens with one attached hydrogen (secondary N) is 1. The van der Waals surface area contributed by atoms with Crippen molar-refractivity contribution in [3.05, 3.63) is 23.2 Å². The second-order valence-electron chi connectivity index (χ2n) is 3.55. The largest absolute Gasteiger partial charge is 0.493 e. The third-order valence-electron chi connectivity index (χ3n) is 2.51. The zero-order valence-electron chi connectivity index (χ0n) is 9.20. The molecule has 0 aliphatic carbocycles. The van der Waals surface area contributed by atoms with Gasteiger partial charge in [0.25, 0.3) is 0 Å². The molecule has 1 aliphatic heterocycles. The molecule has 3 amide bonds. The third kappa shape index (κ3) is 2.19. The highest BCUT2D eigenvalue weighted by Gasteiger charge is 2.30.